The van der Waals surface area contributed by atoms with E-state index in [1.54, 1.807) is 60.7 Å². The molecule has 0 heterocycles. The van der Waals surface area contributed by atoms with Crippen molar-refractivity contribution in [1.82, 2.24) is 0 Å². The van der Waals surface area contributed by atoms with Crippen LogP contribution in [0, 0.1) is 0 Å². The molecule has 0 aliphatic rings. The third-order valence-electron chi connectivity index (χ3n) is 6.48. The van der Waals surface area contributed by atoms with Gasteiger partial charge in [0.05, 0.1) is 11.9 Å². The molecule has 1 amide bonds. The first-order valence-electron chi connectivity index (χ1n) is 13.2. The van der Waals surface area contributed by atoms with Crippen LogP contribution in [0.2, 0.25) is 0 Å². The van der Waals surface area contributed by atoms with Gasteiger partial charge in [-0.15, -0.1) is 0 Å². The predicted molar refractivity (Wildman–Crippen MR) is 163 cm³/mol. The number of sulfonamides is 1. The van der Waals surface area contributed by atoms with Gasteiger partial charge in [-0.25, -0.2) is 8.42 Å². The molecular weight excluding hydrogens is 536 g/mol. The topological polar surface area (TPSA) is 92.8 Å². The van der Waals surface area contributed by atoms with Gasteiger partial charge in [-0.1, -0.05) is 87.5 Å². The molecule has 0 saturated heterocycles. The van der Waals surface area contributed by atoms with E-state index in [2.05, 4.69) is 26.1 Å². The second kappa shape index (κ2) is 12.4. The van der Waals surface area contributed by atoms with E-state index < -0.39 is 22.5 Å². The fourth-order valence-electron chi connectivity index (χ4n) is 4.21. The summed E-state index contributed by atoms with van der Waals surface area (Å²) in [6, 6.07) is 30.3. The summed E-state index contributed by atoms with van der Waals surface area (Å²) in [7, 11) is -3.77. The average Bonchev–Trinajstić information content (AvgIpc) is 2.94. The summed E-state index contributed by atoms with van der Waals surface area (Å²) in [5, 5.41) is 2.72. The summed E-state index contributed by atoms with van der Waals surface area (Å²) in [6.07, 6.45) is 1.05. The summed E-state index contributed by atoms with van der Waals surface area (Å²) in [5.74, 6) is -0.141. The number of carbonyl (C=O) groups is 2. The summed E-state index contributed by atoms with van der Waals surface area (Å²) in [5.41, 5.74) is 3.79. The Balaban J connectivity index is 1.42. The lowest BCUT2D eigenvalue weighted by Gasteiger charge is -2.22. The van der Waals surface area contributed by atoms with Crippen molar-refractivity contribution in [2.45, 2.75) is 32.8 Å². The molecular formula is C33H34N2O5S. The van der Waals surface area contributed by atoms with Crippen molar-refractivity contribution in [3.8, 4) is 5.75 Å². The number of rotatable bonds is 10. The Morgan fingerprint density at radius 1 is 0.805 bits per heavy atom. The molecule has 0 aliphatic carbocycles. The maximum atomic E-state index is 13.1. The zero-order valence-corrected chi connectivity index (χ0v) is 24.4. The van der Waals surface area contributed by atoms with Crippen LogP contribution >= 0.6 is 0 Å². The highest BCUT2D eigenvalue weighted by Gasteiger charge is 2.21. The van der Waals surface area contributed by atoms with E-state index in [9.17, 15) is 18.0 Å². The third kappa shape index (κ3) is 8.05. The zero-order valence-electron chi connectivity index (χ0n) is 23.6. The monoisotopic (exact) mass is 570 g/mol. The number of nitrogens with zero attached hydrogens (tertiary/aromatic N) is 1. The van der Waals surface area contributed by atoms with Gasteiger partial charge in [0.2, 0.25) is 15.9 Å². The lowest BCUT2D eigenvalue weighted by atomic mass is 9.86. The molecule has 0 bridgehead atoms. The first kappa shape index (κ1) is 29.6. The number of ether oxygens (including phenoxy) is 1. The van der Waals surface area contributed by atoms with Gasteiger partial charge >= 0.3 is 0 Å². The van der Waals surface area contributed by atoms with Crippen molar-refractivity contribution in [2.24, 2.45) is 0 Å². The van der Waals surface area contributed by atoms with Crippen LogP contribution in [0.5, 0.6) is 5.75 Å². The second-order valence-electron chi connectivity index (χ2n) is 10.8. The number of carbonyl (C=O) groups excluding carboxylic acids is 2. The molecule has 0 radical (unpaired) electrons. The SMILES string of the molecule is CC(C)(C)c1ccc(C(=O)c2cccc(NC(=O)CN(c3ccc(OCc4ccccc4)cc3)S(C)(=O)=O)c2)cc1. The fraction of sp³-hybridized carbons (Fsp3) is 0.212. The minimum Gasteiger partial charge on any atom is -0.489 e. The largest absolute Gasteiger partial charge is 0.489 e. The minimum absolute atomic E-state index is 0.0240. The third-order valence-corrected chi connectivity index (χ3v) is 7.62. The quantitative estimate of drug-likeness (QED) is 0.229. The molecule has 7 nitrogen and oxygen atoms in total. The summed E-state index contributed by atoms with van der Waals surface area (Å²) in [6.45, 7) is 6.27. The predicted octanol–water partition coefficient (Wildman–Crippen LogP) is 6.20. The second-order valence-corrected chi connectivity index (χ2v) is 12.7. The Bertz CT molecular complexity index is 1610. The summed E-state index contributed by atoms with van der Waals surface area (Å²) >= 11 is 0. The van der Waals surface area contributed by atoms with Gasteiger partial charge in [0.15, 0.2) is 5.78 Å². The van der Waals surface area contributed by atoms with Gasteiger partial charge in [0, 0.05) is 16.8 Å². The standard InChI is InChI=1S/C33H34N2O5S/c1-33(2,3)27-15-13-25(14-16-27)32(37)26-11-8-12-28(21-26)34-31(36)22-35(41(4,38)39)29-17-19-30(20-18-29)40-23-24-9-6-5-7-10-24/h5-21H,22-23H2,1-4H3,(H,34,36). The van der Waals surface area contributed by atoms with Crippen LogP contribution in [0.1, 0.15) is 47.8 Å². The van der Waals surface area contributed by atoms with Gasteiger partial charge in [0.25, 0.3) is 0 Å². The molecule has 4 aromatic rings. The number of hydrogen-bond acceptors (Lipinski definition) is 5. The molecule has 1 N–H and O–H groups in total. The lowest BCUT2D eigenvalue weighted by Crippen LogP contribution is -2.37. The fourth-order valence-corrected chi connectivity index (χ4v) is 5.06. The Morgan fingerprint density at radius 2 is 1.46 bits per heavy atom. The summed E-state index contributed by atoms with van der Waals surface area (Å²) < 4.78 is 31.9. The van der Waals surface area contributed by atoms with Crippen molar-refractivity contribution in [1.29, 1.82) is 0 Å². The highest BCUT2D eigenvalue weighted by Crippen LogP contribution is 2.25. The number of amides is 1. The van der Waals surface area contributed by atoms with Crippen molar-refractivity contribution in [3.05, 3.63) is 125 Å². The Hall–Kier alpha value is -4.43. The lowest BCUT2D eigenvalue weighted by molar-refractivity contribution is -0.114. The minimum atomic E-state index is -3.77. The average molecular weight is 571 g/mol. The molecule has 0 atom stereocenters. The Morgan fingerprint density at radius 3 is 2.07 bits per heavy atom. The number of hydrogen-bond donors (Lipinski definition) is 1. The molecule has 0 aliphatic heterocycles. The van der Waals surface area contributed by atoms with Crippen molar-refractivity contribution >= 4 is 33.1 Å². The van der Waals surface area contributed by atoms with Gasteiger partial charge in [0.1, 0.15) is 18.9 Å². The van der Waals surface area contributed by atoms with E-state index in [4.69, 9.17) is 4.74 Å². The first-order valence-corrected chi connectivity index (χ1v) is 15.0. The maximum absolute atomic E-state index is 13.1. The Labute approximate surface area is 241 Å². The van der Waals surface area contributed by atoms with Crippen LogP contribution < -0.4 is 14.4 Å². The van der Waals surface area contributed by atoms with Gasteiger partial charge < -0.3 is 10.1 Å². The van der Waals surface area contributed by atoms with Crippen LogP contribution in [-0.4, -0.2) is 32.9 Å². The van der Waals surface area contributed by atoms with E-state index >= 15 is 0 Å². The van der Waals surface area contributed by atoms with Crippen LogP contribution in [0.3, 0.4) is 0 Å². The van der Waals surface area contributed by atoms with E-state index in [1.165, 1.54) is 0 Å². The Kier molecular flexibility index (Phi) is 8.93. The normalized spacial score (nSPS) is 11.5. The maximum Gasteiger partial charge on any atom is 0.245 e. The zero-order chi connectivity index (χ0) is 29.6. The number of nitrogens with one attached hydrogen (secondary N) is 1. The van der Waals surface area contributed by atoms with Crippen molar-refractivity contribution < 1.29 is 22.7 Å². The molecule has 212 valence electrons. The molecule has 4 aromatic carbocycles. The van der Waals surface area contributed by atoms with Crippen LogP contribution in [0.15, 0.2) is 103 Å². The van der Waals surface area contributed by atoms with Gasteiger partial charge in [-0.05, 0) is 52.9 Å². The molecule has 0 aromatic heterocycles. The molecule has 4 rings (SSSR count). The number of anilines is 2. The van der Waals surface area contributed by atoms with Crippen molar-refractivity contribution in [2.75, 3.05) is 22.4 Å². The highest BCUT2D eigenvalue weighted by molar-refractivity contribution is 7.92. The van der Waals surface area contributed by atoms with E-state index in [-0.39, 0.29) is 11.2 Å². The number of benzene rings is 4. The molecule has 0 spiro atoms. The van der Waals surface area contributed by atoms with E-state index in [0.29, 0.717) is 34.9 Å². The van der Waals surface area contributed by atoms with Crippen LogP contribution in [0.4, 0.5) is 11.4 Å². The van der Waals surface area contributed by atoms with Crippen LogP contribution in [0.25, 0.3) is 0 Å². The molecule has 8 heteroatoms. The number of ketones is 1. The smallest absolute Gasteiger partial charge is 0.245 e. The van der Waals surface area contributed by atoms with E-state index in [1.807, 2.05) is 42.5 Å². The van der Waals surface area contributed by atoms with Crippen LogP contribution in [-0.2, 0) is 26.8 Å². The van der Waals surface area contributed by atoms with Gasteiger partial charge in [-0.2, -0.15) is 0 Å². The van der Waals surface area contributed by atoms with E-state index in [0.717, 1.165) is 21.7 Å². The van der Waals surface area contributed by atoms with Crippen molar-refractivity contribution in [3.63, 3.8) is 0 Å². The summed E-state index contributed by atoms with van der Waals surface area (Å²) in [4.78, 5) is 26.0. The van der Waals surface area contributed by atoms with Gasteiger partial charge in [-0.3, -0.25) is 13.9 Å². The molecule has 0 fully saturated rings. The molecule has 41 heavy (non-hydrogen) atoms. The highest BCUT2D eigenvalue weighted by atomic mass is 32.2. The first-order chi connectivity index (χ1) is 19.4. The molecule has 0 unspecified atom stereocenters. The molecule has 0 saturated carbocycles.